The first-order chi connectivity index (χ1) is 4.09. The van der Waals surface area contributed by atoms with Crippen molar-refractivity contribution in [1.29, 1.82) is 0 Å². The molecule has 0 saturated carbocycles. The van der Waals surface area contributed by atoms with Gasteiger partial charge in [-0.25, -0.2) is 4.79 Å². The Labute approximate surface area is 51.2 Å². The van der Waals surface area contributed by atoms with Gasteiger partial charge >= 0.3 is 5.97 Å². The maximum absolute atomic E-state index is 9.78. The van der Waals surface area contributed by atoms with Crippen molar-refractivity contribution in [3.05, 3.63) is 0 Å². The van der Waals surface area contributed by atoms with Crippen LogP contribution in [0.15, 0.2) is 0 Å². The quantitative estimate of drug-likeness (QED) is 0.352. The molecule has 0 bridgehead atoms. The summed E-state index contributed by atoms with van der Waals surface area (Å²) in [5.74, 6) is -1.54. The number of aliphatic hydroxyl groups is 3. The fourth-order valence-corrected chi connectivity index (χ4v) is 0.264. The second-order valence-corrected chi connectivity index (χ2v) is 1.53. The maximum atomic E-state index is 9.78. The highest BCUT2D eigenvalue weighted by Crippen LogP contribution is 1.90. The molecule has 2 atom stereocenters. The molecule has 0 spiro atoms. The van der Waals surface area contributed by atoms with Gasteiger partial charge in [-0.1, -0.05) is 0 Å². The summed E-state index contributed by atoms with van der Waals surface area (Å²) in [6.07, 6.45) is -3.49. The van der Waals surface area contributed by atoms with Gasteiger partial charge in [0, 0.05) is 0 Å². The summed E-state index contributed by atoms with van der Waals surface area (Å²) < 4.78 is 0. The van der Waals surface area contributed by atoms with Crippen molar-refractivity contribution in [3.8, 4) is 0 Å². The SMILES string of the molecule is O=C(O)[C@H](O)C(O)CO. The van der Waals surface area contributed by atoms with Crippen LogP contribution in [-0.4, -0.2) is 45.2 Å². The monoisotopic (exact) mass is 136 g/mol. The molecule has 0 aromatic heterocycles. The van der Waals surface area contributed by atoms with E-state index in [1.807, 2.05) is 0 Å². The summed E-state index contributed by atoms with van der Waals surface area (Å²) in [6, 6.07) is 0. The predicted octanol–water partition coefficient (Wildman–Crippen LogP) is -2.21. The molecule has 54 valence electrons. The first kappa shape index (κ1) is 8.35. The Balaban J connectivity index is 3.72. The second kappa shape index (κ2) is 3.39. The predicted molar refractivity (Wildman–Crippen MR) is 26.7 cm³/mol. The van der Waals surface area contributed by atoms with E-state index in [-0.39, 0.29) is 0 Å². The Bertz CT molecular complexity index is 101. The van der Waals surface area contributed by atoms with Crippen LogP contribution in [0.3, 0.4) is 0 Å². The van der Waals surface area contributed by atoms with Crippen LogP contribution in [0.5, 0.6) is 0 Å². The van der Waals surface area contributed by atoms with Crippen molar-refractivity contribution in [3.63, 3.8) is 0 Å². The van der Waals surface area contributed by atoms with Gasteiger partial charge in [0.1, 0.15) is 6.10 Å². The zero-order valence-electron chi connectivity index (χ0n) is 4.56. The smallest absolute Gasteiger partial charge is 0.335 e. The Morgan fingerprint density at radius 2 is 1.89 bits per heavy atom. The van der Waals surface area contributed by atoms with Crippen LogP contribution in [0.25, 0.3) is 0 Å². The minimum atomic E-state index is -1.89. The van der Waals surface area contributed by atoms with Gasteiger partial charge in [-0.3, -0.25) is 0 Å². The summed E-state index contributed by atoms with van der Waals surface area (Å²) in [5.41, 5.74) is 0. The maximum Gasteiger partial charge on any atom is 0.335 e. The van der Waals surface area contributed by atoms with E-state index in [1.54, 1.807) is 0 Å². The Kier molecular flexibility index (Phi) is 3.15. The summed E-state index contributed by atoms with van der Waals surface area (Å²) >= 11 is 0. The third-order valence-corrected chi connectivity index (χ3v) is 0.805. The molecule has 1 unspecified atom stereocenters. The molecule has 0 aromatic carbocycles. The lowest BCUT2D eigenvalue weighted by Gasteiger charge is -2.09. The van der Waals surface area contributed by atoms with Crippen molar-refractivity contribution in [2.75, 3.05) is 6.61 Å². The molecule has 4 N–H and O–H groups in total. The molecule has 0 aromatic rings. The molecule has 0 aliphatic heterocycles. The molecule has 0 aliphatic rings. The first-order valence-corrected chi connectivity index (χ1v) is 2.29. The number of carboxylic acids is 1. The molecule has 0 heterocycles. The van der Waals surface area contributed by atoms with Crippen LogP contribution >= 0.6 is 0 Å². The van der Waals surface area contributed by atoms with Gasteiger partial charge in [-0.2, -0.15) is 0 Å². The van der Waals surface area contributed by atoms with Crippen molar-refractivity contribution < 1.29 is 25.2 Å². The average Bonchev–Trinajstić information content (AvgIpc) is 1.84. The molecular weight excluding hydrogens is 128 g/mol. The minimum absolute atomic E-state index is 0.756. The van der Waals surface area contributed by atoms with Crippen LogP contribution in [0.4, 0.5) is 0 Å². The van der Waals surface area contributed by atoms with Gasteiger partial charge in [0.25, 0.3) is 0 Å². The highest BCUT2D eigenvalue weighted by Gasteiger charge is 2.21. The number of hydrogen-bond acceptors (Lipinski definition) is 4. The minimum Gasteiger partial charge on any atom is -0.479 e. The van der Waals surface area contributed by atoms with E-state index in [0.29, 0.717) is 0 Å². The Hall–Kier alpha value is -0.650. The molecule has 0 rings (SSSR count). The number of aliphatic carboxylic acids is 1. The molecule has 0 fully saturated rings. The summed E-state index contributed by atoms with van der Waals surface area (Å²) in [4.78, 5) is 9.78. The van der Waals surface area contributed by atoms with Crippen molar-refractivity contribution in [2.24, 2.45) is 0 Å². The first-order valence-electron chi connectivity index (χ1n) is 2.29. The molecule has 0 saturated heterocycles. The van der Waals surface area contributed by atoms with Gasteiger partial charge in [0.05, 0.1) is 6.61 Å². The number of carbonyl (C=O) groups is 1. The van der Waals surface area contributed by atoms with Crippen molar-refractivity contribution in [2.45, 2.75) is 12.2 Å². The lowest BCUT2D eigenvalue weighted by Crippen LogP contribution is -2.36. The molecule has 5 heteroatoms. The highest BCUT2D eigenvalue weighted by atomic mass is 16.4. The fourth-order valence-electron chi connectivity index (χ4n) is 0.264. The summed E-state index contributed by atoms with van der Waals surface area (Å²) in [6.45, 7) is -0.756. The third-order valence-electron chi connectivity index (χ3n) is 0.805. The van der Waals surface area contributed by atoms with E-state index >= 15 is 0 Å². The summed E-state index contributed by atoms with van der Waals surface area (Å²) in [5, 5.41) is 32.8. The Morgan fingerprint density at radius 3 is 2.00 bits per heavy atom. The lowest BCUT2D eigenvalue weighted by atomic mass is 10.2. The number of rotatable bonds is 3. The van der Waals surface area contributed by atoms with Crippen LogP contribution in [-0.2, 0) is 4.79 Å². The van der Waals surface area contributed by atoms with E-state index in [0.717, 1.165) is 0 Å². The van der Waals surface area contributed by atoms with E-state index in [2.05, 4.69) is 0 Å². The van der Waals surface area contributed by atoms with E-state index < -0.39 is 24.8 Å². The zero-order valence-corrected chi connectivity index (χ0v) is 4.56. The molecule has 9 heavy (non-hydrogen) atoms. The summed E-state index contributed by atoms with van der Waals surface area (Å²) in [7, 11) is 0. The van der Waals surface area contributed by atoms with E-state index in [1.165, 1.54) is 0 Å². The molecular formula is C4H8O5. The highest BCUT2D eigenvalue weighted by molar-refractivity contribution is 5.72. The number of carboxylic acid groups (broad SMARTS) is 1. The second-order valence-electron chi connectivity index (χ2n) is 1.53. The van der Waals surface area contributed by atoms with Crippen LogP contribution in [0.1, 0.15) is 0 Å². The van der Waals surface area contributed by atoms with Gasteiger partial charge in [-0.15, -0.1) is 0 Å². The lowest BCUT2D eigenvalue weighted by molar-refractivity contribution is -0.154. The van der Waals surface area contributed by atoms with Gasteiger partial charge in [-0.05, 0) is 0 Å². The van der Waals surface area contributed by atoms with E-state index in [4.69, 9.17) is 20.4 Å². The number of aliphatic hydroxyl groups excluding tert-OH is 3. The third kappa shape index (κ3) is 2.41. The normalized spacial score (nSPS) is 16.8. The van der Waals surface area contributed by atoms with Gasteiger partial charge in [0.2, 0.25) is 0 Å². The average molecular weight is 136 g/mol. The van der Waals surface area contributed by atoms with Crippen LogP contribution in [0, 0.1) is 0 Å². The van der Waals surface area contributed by atoms with Crippen LogP contribution in [0.2, 0.25) is 0 Å². The topological polar surface area (TPSA) is 98.0 Å². The largest absolute Gasteiger partial charge is 0.479 e. The standard InChI is InChI=1S/C4H8O5/c5-1-2(6)3(7)4(8)9/h2-3,5-7H,1H2,(H,8,9)/t2?,3-/m1/s1. The Morgan fingerprint density at radius 1 is 1.44 bits per heavy atom. The zero-order chi connectivity index (χ0) is 7.44. The fraction of sp³-hybridized carbons (Fsp3) is 0.750. The molecule has 0 aliphatic carbocycles. The van der Waals surface area contributed by atoms with Crippen LogP contribution < -0.4 is 0 Å². The number of hydrogen-bond donors (Lipinski definition) is 4. The molecule has 5 nitrogen and oxygen atoms in total. The van der Waals surface area contributed by atoms with Crippen molar-refractivity contribution >= 4 is 5.97 Å². The van der Waals surface area contributed by atoms with Gasteiger partial charge in [0.15, 0.2) is 6.10 Å². The van der Waals surface area contributed by atoms with Gasteiger partial charge < -0.3 is 20.4 Å². The van der Waals surface area contributed by atoms with E-state index in [9.17, 15) is 4.79 Å². The van der Waals surface area contributed by atoms with Crippen molar-refractivity contribution in [1.82, 2.24) is 0 Å². The molecule has 0 radical (unpaired) electrons. The molecule has 0 amide bonds.